The number of aromatic nitrogens is 2. The highest BCUT2D eigenvalue weighted by Gasteiger charge is 2.42. The fourth-order valence-electron chi connectivity index (χ4n) is 7.17. The summed E-state index contributed by atoms with van der Waals surface area (Å²) in [6.07, 6.45) is 2.86. The van der Waals surface area contributed by atoms with Gasteiger partial charge >= 0.3 is 0 Å². The van der Waals surface area contributed by atoms with Gasteiger partial charge in [0.05, 0.1) is 27.6 Å². The van der Waals surface area contributed by atoms with Gasteiger partial charge in [0.25, 0.3) is 5.91 Å². The molecule has 7 nitrogen and oxygen atoms in total. The van der Waals surface area contributed by atoms with Gasteiger partial charge in [0.2, 0.25) is 5.95 Å². The number of rotatable bonds is 8. The number of carbonyl (C=O) groups excluding carboxylic acids is 1. The predicted octanol–water partition coefficient (Wildman–Crippen LogP) is 7.68. The Kier molecular flexibility index (Phi) is 8.82. The molecule has 2 aliphatic rings. The molecule has 2 aliphatic heterocycles. The van der Waals surface area contributed by atoms with Crippen LogP contribution in [-0.4, -0.2) is 71.1 Å². The highest BCUT2D eigenvalue weighted by Crippen LogP contribution is 2.41. The van der Waals surface area contributed by atoms with Crippen LogP contribution in [0.5, 0.6) is 0 Å². The van der Waals surface area contributed by atoms with Crippen molar-refractivity contribution in [3.05, 3.63) is 118 Å². The number of imidazole rings is 1. The Bertz CT molecular complexity index is 1840. The Morgan fingerprint density at radius 1 is 0.891 bits per heavy atom. The largest absolute Gasteiger partial charge is 0.464 e. The second-order valence-electron chi connectivity index (χ2n) is 12.7. The lowest BCUT2D eigenvalue weighted by Crippen LogP contribution is -2.39. The fourth-order valence-corrected chi connectivity index (χ4v) is 7.47. The van der Waals surface area contributed by atoms with Crippen LogP contribution in [0.2, 0.25) is 10.0 Å². The lowest BCUT2D eigenvalue weighted by molar-refractivity contribution is 0.0781. The van der Waals surface area contributed by atoms with Crippen LogP contribution >= 0.6 is 23.2 Å². The summed E-state index contributed by atoms with van der Waals surface area (Å²) in [6.45, 7) is 8.72. The lowest BCUT2D eigenvalue weighted by atomic mass is 9.76. The molecule has 2 saturated heterocycles. The van der Waals surface area contributed by atoms with Crippen LogP contribution in [0, 0.1) is 6.92 Å². The number of amides is 1. The Labute approximate surface area is 280 Å². The number of fused-ring (bicyclic) bond motifs is 1. The molecule has 0 aliphatic carbocycles. The van der Waals surface area contributed by atoms with Crippen LogP contribution in [0.15, 0.2) is 89.3 Å². The van der Waals surface area contributed by atoms with Crippen LogP contribution in [0.3, 0.4) is 0 Å². The van der Waals surface area contributed by atoms with Gasteiger partial charge in [-0.25, -0.2) is 4.98 Å². The zero-order chi connectivity index (χ0) is 31.7. The molecule has 4 heterocycles. The van der Waals surface area contributed by atoms with E-state index in [4.69, 9.17) is 32.6 Å². The average Bonchev–Trinajstić information content (AvgIpc) is 3.75. The Hall–Kier alpha value is -3.78. The van der Waals surface area contributed by atoms with E-state index in [0.717, 1.165) is 91.6 Å². The number of anilines is 1. The van der Waals surface area contributed by atoms with E-state index in [2.05, 4.69) is 44.7 Å². The lowest BCUT2D eigenvalue weighted by Gasteiger charge is -2.33. The van der Waals surface area contributed by atoms with Crippen LogP contribution in [0.25, 0.3) is 11.0 Å². The number of likely N-dealkylation sites (tertiary alicyclic amines) is 1. The molecule has 2 aromatic heterocycles. The molecule has 0 N–H and O–H groups in total. The fraction of sp³-hybridized carbons (Fsp3) is 0.351. The molecule has 0 spiro atoms. The summed E-state index contributed by atoms with van der Waals surface area (Å²) in [4.78, 5) is 25.6. The number of nitrogens with zero attached hydrogens (tertiary/aromatic N) is 5. The maximum Gasteiger partial charge on any atom is 0.253 e. The normalized spacial score (nSPS) is 19.2. The molecule has 1 atom stereocenters. The van der Waals surface area contributed by atoms with Crippen molar-refractivity contribution in [3.63, 3.8) is 0 Å². The van der Waals surface area contributed by atoms with E-state index in [1.54, 1.807) is 0 Å². The summed E-state index contributed by atoms with van der Waals surface area (Å²) in [5.74, 6) is 2.93. The van der Waals surface area contributed by atoms with E-state index in [9.17, 15) is 4.79 Å². The van der Waals surface area contributed by atoms with Crippen LogP contribution in [0.1, 0.15) is 46.7 Å². The number of carbonyl (C=O) groups is 1. The van der Waals surface area contributed by atoms with E-state index in [0.29, 0.717) is 29.7 Å². The minimum atomic E-state index is -0.195. The van der Waals surface area contributed by atoms with Crippen molar-refractivity contribution in [1.82, 2.24) is 19.4 Å². The van der Waals surface area contributed by atoms with Crippen LogP contribution < -0.4 is 4.90 Å². The number of halogens is 2. The average molecular weight is 657 g/mol. The van der Waals surface area contributed by atoms with Gasteiger partial charge in [-0.1, -0.05) is 59.6 Å². The van der Waals surface area contributed by atoms with E-state index in [-0.39, 0.29) is 11.3 Å². The van der Waals surface area contributed by atoms with Gasteiger partial charge in [0.1, 0.15) is 11.5 Å². The first-order valence-corrected chi connectivity index (χ1v) is 16.9. The van der Waals surface area contributed by atoms with E-state index in [1.807, 2.05) is 66.4 Å². The third-order valence-corrected chi connectivity index (χ3v) is 10.5. The van der Waals surface area contributed by atoms with Gasteiger partial charge in [-0.2, -0.15) is 0 Å². The molecule has 1 unspecified atom stereocenters. The minimum absolute atomic E-state index is 0.0838. The summed E-state index contributed by atoms with van der Waals surface area (Å²) in [6, 6.07) is 28.0. The molecule has 0 saturated carbocycles. The van der Waals surface area contributed by atoms with E-state index < -0.39 is 0 Å². The number of hydrogen-bond donors (Lipinski definition) is 0. The quantitative estimate of drug-likeness (QED) is 0.172. The molecular formula is C37H39Cl2N5O2. The third-order valence-electron chi connectivity index (χ3n) is 9.72. The van der Waals surface area contributed by atoms with Crippen molar-refractivity contribution in [2.24, 2.45) is 0 Å². The molecule has 3 aromatic carbocycles. The van der Waals surface area contributed by atoms with E-state index >= 15 is 0 Å². The van der Waals surface area contributed by atoms with Crippen molar-refractivity contribution in [2.75, 3.05) is 50.7 Å². The van der Waals surface area contributed by atoms with Crippen LogP contribution in [0.4, 0.5) is 5.95 Å². The second-order valence-corrected chi connectivity index (χ2v) is 13.5. The van der Waals surface area contributed by atoms with Crippen molar-refractivity contribution in [2.45, 2.75) is 38.1 Å². The molecule has 46 heavy (non-hydrogen) atoms. The van der Waals surface area contributed by atoms with Gasteiger partial charge in [-0.3, -0.25) is 4.79 Å². The van der Waals surface area contributed by atoms with E-state index in [1.165, 1.54) is 0 Å². The summed E-state index contributed by atoms with van der Waals surface area (Å²) in [7, 11) is 0. The third kappa shape index (κ3) is 6.28. The zero-order valence-corrected chi connectivity index (χ0v) is 27.7. The highest BCUT2D eigenvalue weighted by molar-refractivity contribution is 6.42. The summed E-state index contributed by atoms with van der Waals surface area (Å²) in [5, 5.41) is 1.11. The molecule has 9 heteroatoms. The maximum atomic E-state index is 13.5. The van der Waals surface area contributed by atoms with Crippen molar-refractivity contribution in [3.8, 4) is 0 Å². The van der Waals surface area contributed by atoms with Gasteiger partial charge in [-0.15, -0.1) is 0 Å². The first kappa shape index (κ1) is 30.9. The van der Waals surface area contributed by atoms with Gasteiger partial charge in [-0.05, 0) is 93.4 Å². The molecule has 5 aromatic rings. The highest BCUT2D eigenvalue weighted by atomic mass is 35.5. The Morgan fingerprint density at radius 3 is 2.52 bits per heavy atom. The maximum absolute atomic E-state index is 13.5. The summed E-state index contributed by atoms with van der Waals surface area (Å²) >= 11 is 12.9. The number of para-hydroxylation sites is 2. The number of benzene rings is 3. The van der Waals surface area contributed by atoms with Crippen molar-refractivity contribution < 1.29 is 9.21 Å². The van der Waals surface area contributed by atoms with Crippen molar-refractivity contribution in [1.29, 1.82) is 0 Å². The van der Waals surface area contributed by atoms with Crippen LogP contribution in [-0.2, 0) is 12.0 Å². The molecule has 238 valence electrons. The monoisotopic (exact) mass is 655 g/mol. The Morgan fingerprint density at radius 2 is 1.72 bits per heavy atom. The molecule has 1 amide bonds. The first-order chi connectivity index (χ1) is 22.4. The molecule has 0 bridgehead atoms. The zero-order valence-electron chi connectivity index (χ0n) is 26.2. The standard InChI is InChI=1S/C37H39Cl2N5O2/c1-27-12-14-30(46-27)25-44-34-11-6-5-10-33(34)40-36(44)42-19-7-18-41(22-23-42)20-16-37(29-13-15-31(38)32(39)24-29)17-21-43(26-37)35(45)28-8-3-2-4-9-28/h2-6,8-15,24H,7,16-23,25-26H2,1H3. The molecule has 7 rings (SSSR count). The van der Waals surface area contributed by atoms with Gasteiger partial charge < -0.3 is 23.7 Å². The first-order valence-electron chi connectivity index (χ1n) is 16.2. The molecule has 0 radical (unpaired) electrons. The van der Waals surface area contributed by atoms with Crippen molar-refractivity contribution >= 4 is 46.1 Å². The molecule has 2 fully saturated rings. The topological polar surface area (TPSA) is 57.8 Å². The minimum Gasteiger partial charge on any atom is -0.464 e. The predicted molar refractivity (Wildman–Crippen MR) is 185 cm³/mol. The number of hydrogen-bond acceptors (Lipinski definition) is 5. The summed E-state index contributed by atoms with van der Waals surface area (Å²) in [5.41, 5.74) is 3.81. The SMILES string of the molecule is Cc1ccc(Cn2c(N3CCCN(CCC4(c5ccc(Cl)c(Cl)c5)CCN(C(=O)c5ccccc5)C4)CC3)nc3ccccc32)o1. The summed E-state index contributed by atoms with van der Waals surface area (Å²) < 4.78 is 8.25. The second kappa shape index (κ2) is 13.1. The van der Waals surface area contributed by atoms with Gasteiger partial charge in [0, 0.05) is 43.7 Å². The Balaban J connectivity index is 1.08. The molecular weight excluding hydrogens is 617 g/mol. The number of furan rings is 1. The van der Waals surface area contributed by atoms with Gasteiger partial charge in [0.15, 0.2) is 0 Å². The number of aryl methyl sites for hydroxylation is 1. The smallest absolute Gasteiger partial charge is 0.253 e.